The molecule has 3 rings (SSSR count). The van der Waals surface area contributed by atoms with Gasteiger partial charge in [0.25, 0.3) is 0 Å². The third-order valence-electron chi connectivity index (χ3n) is 4.41. The summed E-state index contributed by atoms with van der Waals surface area (Å²) in [6, 6.07) is 13.2. The molecule has 146 valence electrons. The van der Waals surface area contributed by atoms with Crippen molar-refractivity contribution in [2.24, 2.45) is 0 Å². The summed E-state index contributed by atoms with van der Waals surface area (Å²) < 4.78 is 5.82. The molecule has 1 amide bonds. The largest absolute Gasteiger partial charge is 0.437 e. The molecule has 3 aromatic rings. The van der Waals surface area contributed by atoms with E-state index in [4.69, 9.17) is 10.00 Å². The summed E-state index contributed by atoms with van der Waals surface area (Å²) in [5.74, 6) is 1.11. The Hall–Kier alpha value is -3.79. The quantitative estimate of drug-likeness (QED) is 0.615. The van der Waals surface area contributed by atoms with E-state index in [1.54, 1.807) is 43.5 Å². The number of nitrogens with zero attached hydrogens (tertiary/aromatic N) is 5. The number of hydrogen-bond donors (Lipinski definition) is 0. The number of pyridine rings is 1. The maximum atomic E-state index is 11.3. The minimum atomic E-state index is 0.0484. The van der Waals surface area contributed by atoms with E-state index in [1.807, 2.05) is 36.4 Å². The Morgan fingerprint density at radius 1 is 1.17 bits per heavy atom. The summed E-state index contributed by atoms with van der Waals surface area (Å²) in [5.41, 5.74) is 3.08. The molecule has 0 saturated carbocycles. The van der Waals surface area contributed by atoms with Crippen molar-refractivity contribution in [1.82, 2.24) is 19.9 Å². The van der Waals surface area contributed by atoms with Gasteiger partial charge >= 0.3 is 0 Å². The monoisotopic (exact) mass is 387 g/mol. The summed E-state index contributed by atoms with van der Waals surface area (Å²) in [6.45, 7) is 2.22. The van der Waals surface area contributed by atoms with Crippen molar-refractivity contribution in [3.05, 3.63) is 66.4 Å². The van der Waals surface area contributed by atoms with Crippen LogP contribution in [-0.2, 0) is 11.2 Å². The molecule has 0 aliphatic heterocycles. The number of aromatic nitrogens is 3. The maximum Gasteiger partial charge on any atom is 0.238 e. The molecule has 0 spiro atoms. The number of carbonyl (C=O) groups is 1. The highest BCUT2D eigenvalue weighted by molar-refractivity contribution is 5.72. The molecular weight excluding hydrogens is 366 g/mol. The highest BCUT2D eigenvalue weighted by atomic mass is 16.5. The summed E-state index contributed by atoms with van der Waals surface area (Å²) in [7, 11) is 1.78. The first-order valence-electron chi connectivity index (χ1n) is 9.22. The minimum Gasteiger partial charge on any atom is -0.437 e. The minimum absolute atomic E-state index is 0.0484. The van der Waals surface area contributed by atoms with Crippen molar-refractivity contribution in [2.75, 3.05) is 13.6 Å². The summed E-state index contributed by atoms with van der Waals surface area (Å²) in [5, 5.41) is 8.98. The standard InChI is InChI=1S/C22H21N5O2/c1-16(28)27(2)11-3-4-19-14-24-15-22(26-19)29-21-7-5-17(6-8-21)18-9-10-25-20(12-18)13-23/h5-10,12,14-15H,3-4,11H2,1-2H3. The van der Waals surface area contributed by atoms with Gasteiger partial charge in [0, 0.05) is 32.9 Å². The van der Waals surface area contributed by atoms with Crippen molar-refractivity contribution >= 4 is 5.91 Å². The van der Waals surface area contributed by atoms with Gasteiger partial charge in [0.1, 0.15) is 17.5 Å². The Morgan fingerprint density at radius 2 is 1.97 bits per heavy atom. The lowest BCUT2D eigenvalue weighted by Crippen LogP contribution is -2.25. The van der Waals surface area contributed by atoms with Crippen LogP contribution < -0.4 is 4.74 Å². The highest BCUT2D eigenvalue weighted by Gasteiger charge is 2.06. The first kappa shape index (κ1) is 20.0. The van der Waals surface area contributed by atoms with E-state index in [9.17, 15) is 4.79 Å². The van der Waals surface area contributed by atoms with E-state index in [-0.39, 0.29) is 5.91 Å². The number of ether oxygens (including phenoxy) is 1. The van der Waals surface area contributed by atoms with E-state index >= 15 is 0 Å². The van der Waals surface area contributed by atoms with Gasteiger partial charge in [0.05, 0.1) is 11.9 Å². The lowest BCUT2D eigenvalue weighted by molar-refractivity contribution is -0.127. The molecule has 0 atom stereocenters. The normalized spacial score (nSPS) is 10.2. The van der Waals surface area contributed by atoms with Crippen LogP contribution >= 0.6 is 0 Å². The first-order valence-corrected chi connectivity index (χ1v) is 9.22. The second-order valence-electron chi connectivity index (χ2n) is 6.56. The van der Waals surface area contributed by atoms with Crippen LogP contribution in [0, 0.1) is 11.3 Å². The van der Waals surface area contributed by atoms with Crippen molar-refractivity contribution in [2.45, 2.75) is 19.8 Å². The molecule has 0 saturated heterocycles. The van der Waals surface area contributed by atoms with Crippen LogP contribution in [0.3, 0.4) is 0 Å². The summed E-state index contributed by atoms with van der Waals surface area (Å²) >= 11 is 0. The molecule has 0 aliphatic carbocycles. The third-order valence-corrected chi connectivity index (χ3v) is 4.41. The average Bonchev–Trinajstić information content (AvgIpc) is 2.74. The zero-order valence-electron chi connectivity index (χ0n) is 16.4. The molecular formula is C22H21N5O2. The van der Waals surface area contributed by atoms with Gasteiger partial charge in [0.15, 0.2) is 0 Å². The van der Waals surface area contributed by atoms with Gasteiger partial charge in [-0.1, -0.05) is 12.1 Å². The van der Waals surface area contributed by atoms with Crippen molar-refractivity contribution < 1.29 is 9.53 Å². The fraction of sp³-hybridized carbons (Fsp3) is 0.227. The molecule has 7 nitrogen and oxygen atoms in total. The van der Waals surface area contributed by atoms with E-state index in [1.165, 1.54) is 0 Å². The van der Waals surface area contributed by atoms with Crippen LogP contribution in [0.25, 0.3) is 11.1 Å². The second-order valence-corrected chi connectivity index (χ2v) is 6.56. The number of rotatable bonds is 7. The molecule has 0 aliphatic rings. The van der Waals surface area contributed by atoms with Gasteiger partial charge in [0.2, 0.25) is 11.8 Å². The predicted octanol–water partition coefficient (Wildman–Crippen LogP) is 3.61. The Kier molecular flexibility index (Phi) is 6.48. The molecule has 1 aromatic carbocycles. The van der Waals surface area contributed by atoms with Gasteiger partial charge in [-0.2, -0.15) is 5.26 Å². The van der Waals surface area contributed by atoms with Crippen LogP contribution in [0.5, 0.6) is 11.6 Å². The molecule has 2 aromatic heterocycles. The SMILES string of the molecule is CC(=O)N(C)CCCc1cncc(Oc2ccc(-c3ccnc(C#N)c3)cc2)n1. The number of carbonyl (C=O) groups excluding carboxylic acids is 1. The number of nitriles is 1. The van der Waals surface area contributed by atoms with Crippen LogP contribution in [0.15, 0.2) is 55.0 Å². The number of amides is 1. The van der Waals surface area contributed by atoms with Crippen LogP contribution in [0.1, 0.15) is 24.7 Å². The smallest absolute Gasteiger partial charge is 0.238 e. The van der Waals surface area contributed by atoms with Gasteiger partial charge in [-0.25, -0.2) is 9.97 Å². The Bertz CT molecular complexity index is 1030. The zero-order chi connectivity index (χ0) is 20.6. The highest BCUT2D eigenvalue weighted by Crippen LogP contribution is 2.25. The van der Waals surface area contributed by atoms with Gasteiger partial charge < -0.3 is 9.64 Å². The van der Waals surface area contributed by atoms with Gasteiger partial charge in [-0.15, -0.1) is 0 Å². The predicted molar refractivity (Wildman–Crippen MR) is 108 cm³/mol. The molecule has 29 heavy (non-hydrogen) atoms. The van der Waals surface area contributed by atoms with Gasteiger partial charge in [-0.05, 0) is 48.2 Å². The summed E-state index contributed by atoms with van der Waals surface area (Å²) in [4.78, 5) is 25.6. The van der Waals surface area contributed by atoms with E-state index in [2.05, 4.69) is 15.0 Å². The van der Waals surface area contributed by atoms with Crippen molar-refractivity contribution in [3.8, 4) is 28.8 Å². The lowest BCUT2D eigenvalue weighted by Gasteiger charge is -2.14. The molecule has 0 fully saturated rings. The Morgan fingerprint density at radius 3 is 2.69 bits per heavy atom. The van der Waals surface area contributed by atoms with E-state index in [0.29, 0.717) is 30.3 Å². The second kappa shape index (κ2) is 9.42. The molecule has 0 bridgehead atoms. The molecule has 0 unspecified atom stereocenters. The fourth-order valence-corrected chi connectivity index (χ4v) is 2.72. The maximum absolute atomic E-state index is 11.3. The van der Waals surface area contributed by atoms with Crippen molar-refractivity contribution in [1.29, 1.82) is 5.26 Å². The molecule has 0 N–H and O–H groups in total. The number of aryl methyl sites for hydroxylation is 1. The average molecular weight is 387 g/mol. The third kappa shape index (κ3) is 5.59. The summed E-state index contributed by atoms with van der Waals surface area (Å²) in [6.07, 6.45) is 6.41. The Labute approximate surface area is 169 Å². The topological polar surface area (TPSA) is 92.0 Å². The first-order chi connectivity index (χ1) is 14.0. The lowest BCUT2D eigenvalue weighted by atomic mass is 10.1. The molecule has 0 radical (unpaired) electrons. The molecule has 7 heteroatoms. The van der Waals surface area contributed by atoms with Crippen molar-refractivity contribution in [3.63, 3.8) is 0 Å². The van der Waals surface area contributed by atoms with E-state index in [0.717, 1.165) is 23.2 Å². The zero-order valence-corrected chi connectivity index (χ0v) is 16.4. The Balaban J connectivity index is 1.63. The van der Waals surface area contributed by atoms with Gasteiger partial charge in [-0.3, -0.25) is 9.78 Å². The van der Waals surface area contributed by atoms with Crippen LogP contribution in [-0.4, -0.2) is 39.4 Å². The van der Waals surface area contributed by atoms with Crippen LogP contribution in [0.4, 0.5) is 0 Å². The van der Waals surface area contributed by atoms with Crippen LogP contribution in [0.2, 0.25) is 0 Å². The fourth-order valence-electron chi connectivity index (χ4n) is 2.72. The molecule has 2 heterocycles. The number of hydrogen-bond acceptors (Lipinski definition) is 6. The van der Waals surface area contributed by atoms with E-state index < -0.39 is 0 Å². The number of benzene rings is 1.